The Bertz CT molecular complexity index is 1340. The molecule has 4 rings (SSSR count). The SMILES string of the molecule is CC(=O)c1c(NC(=O)NC(=O)c2c(-n3cccc3)sc(C(=O)OC(C)(C)C)c2C)sc2c1CCCC2. The maximum Gasteiger partial charge on any atom is 0.349 e. The monoisotopic (exact) mass is 527 g/mol. The highest BCUT2D eigenvalue weighted by Crippen LogP contribution is 2.38. The first-order chi connectivity index (χ1) is 17.0. The highest BCUT2D eigenvalue weighted by molar-refractivity contribution is 7.17. The highest BCUT2D eigenvalue weighted by atomic mass is 32.1. The van der Waals surface area contributed by atoms with Gasteiger partial charge in [-0.25, -0.2) is 9.59 Å². The molecule has 1 aliphatic rings. The summed E-state index contributed by atoms with van der Waals surface area (Å²) in [5.41, 5.74) is 1.48. The van der Waals surface area contributed by atoms with Crippen molar-refractivity contribution in [2.75, 3.05) is 5.32 Å². The Kier molecular flexibility index (Phi) is 7.19. The Hall–Kier alpha value is -3.24. The third-order valence-electron chi connectivity index (χ3n) is 5.76. The highest BCUT2D eigenvalue weighted by Gasteiger charge is 2.30. The van der Waals surface area contributed by atoms with Crippen LogP contribution in [0.3, 0.4) is 0 Å². The summed E-state index contributed by atoms with van der Waals surface area (Å²) < 4.78 is 7.25. The number of ketones is 1. The second-order valence-corrected chi connectivity index (χ2v) is 11.8. The average molecular weight is 528 g/mol. The van der Waals surface area contributed by atoms with Gasteiger partial charge in [0.25, 0.3) is 5.91 Å². The van der Waals surface area contributed by atoms with E-state index in [2.05, 4.69) is 10.6 Å². The number of ether oxygens (including phenoxy) is 1. The molecule has 0 saturated heterocycles. The first kappa shape index (κ1) is 25.8. The molecule has 0 radical (unpaired) electrons. The third-order valence-corrected chi connectivity index (χ3v) is 8.25. The molecular weight excluding hydrogens is 498 g/mol. The van der Waals surface area contributed by atoms with E-state index in [1.165, 1.54) is 18.3 Å². The van der Waals surface area contributed by atoms with Gasteiger partial charge < -0.3 is 9.30 Å². The van der Waals surface area contributed by atoms with Gasteiger partial charge in [-0.05, 0) is 83.6 Å². The molecule has 0 spiro atoms. The average Bonchev–Trinajstić information content (AvgIpc) is 3.48. The second kappa shape index (κ2) is 10.0. The van der Waals surface area contributed by atoms with Gasteiger partial charge in [0.05, 0.1) is 11.1 Å². The van der Waals surface area contributed by atoms with Crippen molar-refractivity contribution in [1.29, 1.82) is 0 Å². The Labute approximate surface area is 217 Å². The number of urea groups is 1. The fourth-order valence-electron chi connectivity index (χ4n) is 4.26. The normalized spacial score (nSPS) is 13.1. The number of anilines is 1. The first-order valence-corrected chi connectivity index (χ1v) is 13.4. The van der Waals surface area contributed by atoms with Crippen LogP contribution in [-0.2, 0) is 17.6 Å². The number of aryl methyl sites for hydroxylation is 1. The Morgan fingerprint density at radius 3 is 2.31 bits per heavy atom. The van der Waals surface area contributed by atoms with Crippen molar-refractivity contribution in [3.8, 4) is 5.00 Å². The number of hydrogen-bond donors (Lipinski definition) is 2. The largest absolute Gasteiger partial charge is 0.456 e. The summed E-state index contributed by atoms with van der Waals surface area (Å²) in [7, 11) is 0. The lowest BCUT2D eigenvalue weighted by molar-refractivity contribution is 0.00743. The molecule has 3 amide bonds. The van der Waals surface area contributed by atoms with E-state index in [4.69, 9.17) is 4.74 Å². The van der Waals surface area contributed by atoms with E-state index in [-0.39, 0.29) is 11.3 Å². The second-order valence-electron chi connectivity index (χ2n) is 9.71. The minimum atomic E-state index is -0.732. The van der Waals surface area contributed by atoms with Crippen molar-refractivity contribution in [3.63, 3.8) is 0 Å². The van der Waals surface area contributed by atoms with Gasteiger partial charge in [-0.1, -0.05) is 0 Å². The summed E-state index contributed by atoms with van der Waals surface area (Å²) in [6, 6.07) is 2.88. The lowest BCUT2D eigenvalue weighted by Crippen LogP contribution is -2.35. The molecule has 0 bridgehead atoms. The summed E-state index contributed by atoms with van der Waals surface area (Å²) in [4.78, 5) is 52.8. The number of amides is 3. The molecule has 0 saturated carbocycles. The molecule has 2 N–H and O–H groups in total. The summed E-state index contributed by atoms with van der Waals surface area (Å²) in [5.74, 6) is -1.29. The Morgan fingerprint density at radius 2 is 1.67 bits per heavy atom. The van der Waals surface area contributed by atoms with Crippen molar-refractivity contribution in [3.05, 3.63) is 56.5 Å². The number of rotatable bonds is 5. The summed E-state index contributed by atoms with van der Waals surface area (Å²) >= 11 is 2.52. The van der Waals surface area contributed by atoms with E-state index in [0.717, 1.165) is 47.5 Å². The number of nitrogens with zero attached hydrogens (tertiary/aromatic N) is 1. The molecule has 0 fully saturated rings. The third kappa shape index (κ3) is 5.29. The number of nitrogens with one attached hydrogen (secondary N) is 2. The minimum Gasteiger partial charge on any atom is -0.456 e. The van der Waals surface area contributed by atoms with Crippen LogP contribution in [0.15, 0.2) is 24.5 Å². The topological polar surface area (TPSA) is 107 Å². The van der Waals surface area contributed by atoms with Crippen molar-refractivity contribution < 1.29 is 23.9 Å². The summed E-state index contributed by atoms with van der Waals surface area (Å²) in [6.45, 7) is 8.47. The lowest BCUT2D eigenvalue weighted by atomic mass is 9.94. The molecule has 190 valence electrons. The van der Waals surface area contributed by atoms with Crippen LogP contribution >= 0.6 is 22.7 Å². The van der Waals surface area contributed by atoms with E-state index in [9.17, 15) is 19.2 Å². The van der Waals surface area contributed by atoms with E-state index in [1.54, 1.807) is 56.8 Å². The van der Waals surface area contributed by atoms with Crippen molar-refractivity contribution in [2.24, 2.45) is 0 Å². The van der Waals surface area contributed by atoms with Crippen LogP contribution in [0.5, 0.6) is 0 Å². The Morgan fingerprint density at radius 1 is 1.00 bits per heavy atom. The number of imide groups is 1. The van der Waals surface area contributed by atoms with Gasteiger partial charge in [0.2, 0.25) is 0 Å². The quantitative estimate of drug-likeness (QED) is 0.317. The van der Waals surface area contributed by atoms with E-state index in [0.29, 0.717) is 26.0 Å². The molecule has 3 aromatic heterocycles. The predicted molar refractivity (Wildman–Crippen MR) is 141 cm³/mol. The number of carbonyl (C=O) groups is 4. The van der Waals surface area contributed by atoms with Gasteiger partial charge in [-0.3, -0.25) is 20.2 Å². The van der Waals surface area contributed by atoms with Crippen molar-refractivity contribution >= 4 is 51.4 Å². The molecule has 3 heterocycles. The minimum absolute atomic E-state index is 0.110. The maximum absolute atomic E-state index is 13.3. The number of fused-ring (bicyclic) bond motifs is 1. The van der Waals surface area contributed by atoms with Crippen LogP contribution in [0.4, 0.5) is 9.80 Å². The van der Waals surface area contributed by atoms with Crippen molar-refractivity contribution in [1.82, 2.24) is 9.88 Å². The molecular formula is C26H29N3O5S2. The lowest BCUT2D eigenvalue weighted by Gasteiger charge is -2.19. The zero-order valence-electron chi connectivity index (χ0n) is 20.9. The smallest absolute Gasteiger partial charge is 0.349 e. The van der Waals surface area contributed by atoms with E-state index < -0.39 is 23.5 Å². The van der Waals surface area contributed by atoms with E-state index >= 15 is 0 Å². The first-order valence-electron chi connectivity index (χ1n) is 11.7. The van der Waals surface area contributed by atoms with Gasteiger partial charge in [-0.15, -0.1) is 22.7 Å². The summed E-state index contributed by atoms with van der Waals surface area (Å²) in [6.07, 6.45) is 7.27. The van der Waals surface area contributed by atoms with Gasteiger partial charge in [0, 0.05) is 17.3 Å². The fourth-order valence-corrected chi connectivity index (χ4v) is 6.74. The summed E-state index contributed by atoms with van der Waals surface area (Å²) in [5, 5.41) is 6.06. The van der Waals surface area contributed by atoms with Crippen LogP contribution < -0.4 is 10.6 Å². The fraction of sp³-hybridized carbons (Fsp3) is 0.385. The molecule has 3 aromatic rings. The van der Waals surface area contributed by atoms with Gasteiger partial charge in [0.15, 0.2) is 5.78 Å². The van der Waals surface area contributed by atoms with Crippen LogP contribution in [0.2, 0.25) is 0 Å². The zero-order chi connectivity index (χ0) is 26.2. The Balaban J connectivity index is 1.62. The maximum atomic E-state index is 13.3. The van der Waals surface area contributed by atoms with Crippen LogP contribution in [0, 0.1) is 6.92 Å². The molecule has 10 heteroatoms. The molecule has 8 nitrogen and oxygen atoms in total. The van der Waals surface area contributed by atoms with Crippen LogP contribution in [0.25, 0.3) is 5.00 Å². The molecule has 0 unspecified atom stereocenters. The molecule has 0 atom stereocenters. The number of thiophene rings is 2. The van der Waals surface area contributed by atoms with Gasteiger partial charge in [0.1, 0.15) is 20.5 Å². The zero-order valence-corrected chi connectivity index (χ0v) is 22.6. The standard InChI is InChI=1S/C26H29N3O5S2/c1-14-18(23(29-12-8-9-13-29)36-20(14)24(32)34-26(3,4)5)21(31)27-25(33)28-22-19(15(2)30)16-10-6-7-11-17(16)35-22/h8-9,12-13H,6-7,10-11H2,1-5H3,(H2,27,28,31,33). The number of aromatic nitrogens is 1. The number of carbonyl (C=O) groups excluding carboxylic acids is 4. The number of esters is 1. The van der Waals surface area contributed by atoms with Crippen LogP contribution in [-0.4, -0.2) is 33.9 Å². The van der Waals surface area contributed by atoms with Gasteiger partial charge >= 0.3 is 12.0 Å². The van der Waals surface area contributed by atoms with Crippen LogP contribution in [0.1, 0.15) is 86.9 Å². The molecule has 0 aliphatic heterocycles. The van der Waals surface area contributed by atoms with Gasteiger partial charge in [-0.2, -0.15) is 0 Å². The predicted octanol–water partition coefficient (Wildman–Crippen LogP) is 5.91. The molecule has 0 aromatic carbocycles. The number of Topliss-reactive ketones (excluding diaryl/α,β-unsaturated/α-hetero) is 1. The van der Waals surface area contributed by atoms with E-state index in [1.807, 2.05) is 0 Å². The molecule has 1 aliphatic carbocycles. The number of hydrogen-bond acceptors (Lipinski definition) is 7. The molecule has 36 heavy (non-hydrogen) atoms. The van der Waals surface area contributed by atoms with Crippen molar-refractivity contribution in [2.45, 2.75) is 65.9 Å².